The maximum absolute atomic E-state index is 14.3. The molecule has 4 rings (SSSR count). The molecule has 1 aromatic carbocycles. The molecule has 0 N–H and O–H groups in total. The number of benzene rings is 1. The average molecular weight is 359 g/mol. The van der Waals surface area contributed by atoms with Crippen LogP contribution >= 0.6 is 0 Å². The molecular weight excluding hydrogens is 336 g/mol. The van der Waals surface area contributed by atoms with Gasteiger partial charge in [0.25, 0.3) is 0 Å². The van der Waals surface area contributed by atoms with Crippen LogP contribution in [0.5, 0.6) is 0 Å². The maximum Gasteiger partial charge on any atom is 0.222 e. The van der Waals surface area contributed by atoms with Gasteiger partial charge in [-0.1, -0.05) is 0 Å². The van der Waals surface area contributed by atoms with E-state index in [0.29, 0.717) is 17.5 Å². The normalized spacial score (nSPS) is 23.9. The van der Waals surface area contributed by atoms with E-state index >= 15 is 0 Å². The summed E-state index contributed by atoms with van der Waals surface area (Å²) in [4.78, 5) is 20.2. The largest absolute Gasteiger partial charge is 0.370 e. The van der Waals surface area contributed by atoms with E-state index in [2.05, 4.69) is 9.88 Å². The highest BCUT2D eigenvalue weighted by atomic mass is 19.1. The van der Waals surface area contributed by atoms with Crippen LogP contribution in [-0.4, -0.2) is 42.5 Å². The van der Waals surface area contributed by atoms with Crippen LogP contribution in [0.4, 0.5) is 14.5 Å². The number of nitrogens with zero attached hydrogens (tertiary/aromatic N) is 3. The number of hydrogen-bond acceptors (Lipinski definition) is 3. The number of rotatable bonds is 1. The molecule has 0 saturated carbocycles. The van der Waals surface area contributed by atoms with E-state index in [4.69, 9.17) is 0 Å². The lowest BCUT2D eigenvalue weighted by atomic mass is 9.73. The second-order valence-electron chi connectivity index (χ2n) is 7.84. The Labute approximate surface area is 151 Å². The molecule has 3 heterocycles. The predicted molar refractivity (Wildman–Crippen MR) is 97.1 cm³/mol. The number of carbonyl (C=O) groups excluding carboxylic acids is 1. The third kappa shape index (κ3) is 2.91. The van der Waals surface area contributed by atoms with Crippen LogP contribution in [0.15, 0.2) is 18.2 Å². The van der Waals surface area contributed by atoms with Crippen LogP contribution in [-0.2, 0) is 4.79 Å². The second kappa shape index (κ2) is 6.18. The molecular formula is C20H23F2N3O. The number of anilines is 1. The zero-order valence-electron chi connectivity index (χ0n) is 15.2. The van der Waals surface area contributed by atoms with Gasteiger partial charge in [-0.25, -0.2) is 13.8 Å². The van der Waals surface area contributed by atoms with E-state index in [1.807, 2.05) is 24.9 Å². The molecule has 138 valence electrons. The second-order valence-corrected chi connectivity index (χ2v) is 7.84. The van der Waals surface area contributed by atoms with E-state index in [-0.39, 0.29) is 16.8 Å². The smallest absolute Gasteiger partial charge is 0.222 e. The highest BCUT2D eigenvalue weighted by Gasteiger charge is 2.41. The van der Waals surface area contributed by atoms with Crippen molar-refractivity contribution in [3.63, 3.8) is 0 Å². The van der Waals surface area contributed by atoms with Gasteiger partial charge in [-0.3, -0.25) is 4.79 Å². The first-order valence-corrected chi connectivity index (χ1v) is 9.12. The van der Waals surface area contributed by atoms with Crippen molar-refractivity contribution in [2.75, 3.05) is 31.6 Å². The Morgan fingerprint density at radius 3 is 2.73 bits per heavy atom. The molecule has 4 nitrogen and oxygen atoms in total. The number of hydrogen-bond donors (Lipinski definition) is 0. The summed E-state index contributed by atoms with van der Waals surface area (Å²) in [5.74, 6) is -1.02. The standard InChI is InChI=1S/C20H23F2N3O/c1-13-8-17(15-9-14(21)10-16(22)19(15)23-13)25-7-3-5-20(12-25)6-4-18(26)24(2)11-20/h8-10H,3-7,11-12H2,1-2H3. The fourth-order valence-electron chi connectivity index (χ4n) is 4.60. The first kappa shape index (κ1) is 17.2. The molecule has 2 aliphatic heterocycles. The zero-order valence-corrected chi connectivity index (χ0v) is 15.2. The number of carbonyl (C=O) groups is 1. The Kier molecular flexibility index (Phi) is 4.09. The van der Waals surface area contributed by atoms with Crippen LogP contribution in [0, 0.1) is 24.0 Å². The molecule has 1 spiro atoms. The molecule has 1 unspecified atom stereocenters. The van der Waals surface area contributed by atoms with Crippen LogP contribution in [0.3, 0.4) is 0 Å². The Morgan fingerprint density at radius 2 is 1.96 bits per heavy atom. The third-order valence-corrected chi connectivity index (χ3v) is 5.81. The molecule has 2 aromatic rings. The van der Waals surface area contributed by atoms with Gasteiger partial charge in [0.05, 0.1) is 0 Å². The van der Waals surface area contributed by atoms with Crippen molar-refractivity contribution < 1.29 is 13.6 Å². The third-order valence-electron chi connectivity index (χ3n) is 5.81. The van der Waals surface area contributed by atoms with Gasteiger partial charge >= 0.3 is 0 Å². The minimum Gasteiger partial charge on any atom is -0.370 e. The van der Waals surface area contributed by atoms with Crippen molar-refractivity contribution in [1.82, 2.24) is 9.88 Å². The SMILES string of the molecule is Cc1cc(N2CCCC3(CCC(=O)N(C)C3)C2)c2cc(F)cc(F)c2n1. The maximum atomic E-state index is 14.3. The molecule has 6 heteroatoms. The van der Waals surface area contributed by atoms with Crippen LogP contribution in [0.25, 0.3) is 10.9 Å². The number of pyridine rings is 1. The van der Waals surface area contributed by atoms with E-state index in [9.17, 15) is 13.6 Å². The first-order chi connectivity index (χ1) is 12.4. The molecule has 1 atom stereocenters. The lowest BCUT2D eigenvalue weighted by Crippen LogP contribution is -2.53. The summed E-state index contributed by atoms with van der Waals surface area (Å²) in [5.41, 5.74) is 1.83. The average Bonchev–Trinajstić information content (AvgIpc) is 2.59. The number of fused-ring (bicyclic) bond motifs is 1. The van der Waals surface area contributed by atoms with Crippen LogP contribution in [0.1, 0.15) is 31.4 Å². The summed E-state index contributed by atoms with van der Waals surface area (Å²) >= 11 is 0. The van der Waals surface area contributed by atoms with Crippen molar-refractivity contribution in [3.8, 4) is 0 Å². The summed E-state index contributed by atoms with van der Waals surface area (Å²) in [6.07, 6.45) is 3.52. The first-order valence-electron chi connectivity index (χ1n) is 9.12. The minimum atomic E-state index is -0.625. The Morgan fingerprint density at radius 1 is 1.15 bits per heavy atom. The molecule has 0 aliphatic carbocycles. The quantitative estimate of drug-likeness (QED) is 0.780. The summed E-state index contributed by atoms with van der Waals surface area (Å²) < 4.78 is 28.1. The van der Waals surface area contributed by atoms with Crippen molar-refractivity contribution in [2.45, 2.75) is 32.6 Å². The molecule has 0 bridgehead atoms. The van der Waals surface area contributed by atoms with E-state index < -0.39 is 11.6 Å². The lowest BCUT2D eigenvalue weighted by molar-refractivity contribution is -0.136. The molecule has 1 aromatic heterocycles. The summed E-state index contributed by atoms with van der Waals surface area (Å²) in [5, 5.41) is 0.519. The van der Waals surface area contributed by atoms with Crippen LogP contribution < -0.4 is 4.90 Å². The predicted octanol–water partition coefficient (Wildman–Crippen LogP) is 3.66. The molecule has 2 aliphatic rings. The number of piperidine rings is 2. The van der Waals surface area contributed by atoms with Gasteiger partial charge in [0, 0.05) is 61.4 Å². The number of likely N-dealkylation sites (tertiary alicyclic amines) is 1. The zero-order chi connectivity index (χ0) is 18.5. The molecule has 0 radical (unpaired) electrons. The fourth-order valence-corrected chi connectivity index (χ4v) is 4.60. The molecule has 2 saturated heterocycles. The minimum absolute atomic E-state index is 0.0519. The summed E-state index contributed by atoms with van der Waals surface area (Å²) in [7, 11) is 1.86. The van der Waals surface area contributed by atoms with Gasteiger partial charge in [-0.2, -0.15) is 0 Å². The van der Waals surface area contributed by atoms with Crippen molar-refractivity contribution in [3.05, 3.63) is 35.5 Å². The summed E-state index contributed by atoms with van der Waals surface area (Å²) in [6, 6.07) is 4.17. The van der Waals surface area contributed by atoms with Crippen LogP contribution in [0.2, 0.25) is 0 Å². The van der Waals surface area contributed by atoms with E-state index in [0.717, 1.165) is 50.7 Å². The summed E-state index contributed by atoms with van der Waals surface area (Å²) in [6.45, 7) is 4.21. The Balaban J connectivity index is 1.74. The fraction of sp³-hybridized carbons (Fsp3) is 0.500. The Bertz CT molecular complexity index is 885. The van der Waals surface area contributed by atoms with Crippen molar-refractivity contribution in [2.24, 2.45) is 5.41 Å². The van der Waals surface area contributed by atoms with Gasteiger partial charge in [0.2, 0.25) is 5.91 Å². The Hall–Kier alpha value is -2.24. The monoisotopic (exact) mass is 359 g/mol. The molecule has 1 amide bonds. The number of halogens is 2. The number of amides is 1. The van der Waals surface area contributed by atoms with Gasteiger partial charge < -0.3 is 9.80 Å². The number of aryl methyl sites for hydroxylation is 1. The highest BCUT2D eigenvalue weighted by Crippen LogP contribution is 2.41. The molecule has 2 fully saturated rings. The van der Waals surface area contributed by atoms with Crippen molar-refractivity contribution >= 4 is 22.5 Å². The number of aromatic nitrogens is 1. The van der Waals surface area contributed by atoms with Gasteiger partial charge in [-0.05, 0) is 38.3 Å². The van der Waals surface area contributed by atoms with E-state index in [1.165, 1.54) is 6.07 Å². The highest BCUT2D eigenvalue weighted by molar-refractivity contribution is 5.92. The van der Waals surface area contributed by atoms with E-state index in [1.54, 1.807) is 0 Å². The lowest BCUT2D eigenvalue weighted by Gasteiger charge is -2.48. The molecule has 26 heavy (non-hydrogen) atoms. The topological polar surface area (TPSA) is 36.4 Å². The van der Waals surface area contributed by atoms with Gasteiger partial charge in [0.15, 0.2) is 5.82 Å². The van der Waals surface area contributed by atoms with Crippen molar-refractivity contribution in [1.29, 1.82) is 0 Å². The van der Waals surface area contributed by atoms with Gasteiger partial charge in [0.1, 0.15) is 11.3 Å². The van der Waals surface area contributed by atoms with Gasteiger partial charge in [-0.15, -0.1) is 0 Å².